The summed E-state index contributed by atoms with van der Waals surface area (Å²) in [6.45, 7) is 1.83. The van der Waals surface area contributed by atoms with Crippen molar-refractivity contribution in [1.82, 2.24) is 5.32 Å². The van der Waals surface area contributed by atoms with Gasteiger partial charge in [0.15, 0.2) is 0 Å². The summed E-state index contributed by atoms with van der Waals surface area (Å²) in [5.74, 6) is 0.0439. The molecule has 0 aliphatic carbocycles. The third kappa shape index (κ3) is 2.99. The fourth-order valence-corrected chi connectivity index (χ4v) is 3.11. The second kappa shape index (κ2) is 5.96. The van der Waals surface area contributed by atoms with Gasteiger partial charge in [0.2, 0.25) is 5.91 Å². The molecule has 3 rings (SSSR count). The molecule has 1 N–H and O–H groups in total. The Morgan fingerprint density at radius 2 is 1.76 bits per heavy atom. The molecule has 1 amide bonds. The quantitative estimate of drug-likeness (QED) is 0.917. The molecule has 2 aromatic carbocycles. The van der Waals surface area contributed by atoms with Crippen molar-refractivity contribution >= 4 is 34.8 Å². The van der Waals surface area contributed by atoms with E-state index >= 15 is 0 Å². The van der Waals surface area contributed by atoms with Gasteiger partial charge in [0.1, 0.15) is 0 Å². The molecule has 0 unspecified atom stereocenters. The molecule has 0 aromatic heterocycles. The van der Waals surface area contributed by atoms with Gasteiger partial charge >= 0.3 is 0 Å². The van der Waals surface area contributed by atoms with E-state index < -0.39 is 0 Å². The number of rotatable bonds is 2. The first-order valence-electron chi connectivity index (χ1n) is 6.71. The van der Waals surface area contributed by atoms with Gasteiger partial charge in [-0.05, 0) is 29.8 Å². The fourth-order valence-electron chi connectivity index (χ4n) is 2.49. The van der Waals surface area contributed by atoms with Gasteiger partial charge in [0.05, 0.1) is 6.54 Å². The monoisotopic (exact) mass is 320 g/mol. The molecule has 1 aliphatic rings. The molecule has 0 bridgehead atoms. The van der Waals surface area contributed by atoms with Crippen molar-refractivity contribution in [1.29, 1.82) is 0 Å². The van der Waals surface area contributed by atoms with E-state index in [0.29, 0.717) is 23.1 Å². The average molecular weight is 321 g/mol. The maximum atomic E-state index is 11.5. The van der Waals surface area contributed by atoms with Gasteiger partial charge in [-0.15, -0.1) is 0 Å². The molecule has 5 heteroatoms. The van der Waals surface area contributed by atoms with Crippen LogP contribution in [0.15, 0.2) is 42.5 Å². The summed E-state index contributed by atoms with van der Waals surface area (Å²) in [5.41, 5.74) is 2.77. The molecule has 21 heavy (non-hydrogen) atoms. The third-order valence-electron chi connectivity index (χ3n) is 3.50. The highest BCUT2D eigenvalue weighted by Gasteiger charge is 2.17. The number of carbonyl (C=O) groups excluding carboxylic acids is 1. The number of hydrogen-bond acceptors (Lipinski definition) is 2. The van der Waals surface area contributed by atoms with Gasteiger partial charge in [-0.3, -0.25) is 4.79 Å². The number of nitrogens with one attached hydrogen (secondary N) is 1. The van der Waals surface area contributed by atoms with Crippen molar-refractivity contribution in [3.05, 3.63) is 52.5 Å². The first-order valence-corrected chi connectivity index (χ1v) is 7.47. The van der Waals surface area contributed by atoms with Crippen LogP contribution in [0.25, 0.3) is 11.1 Å². The Labute approximate surface area is 133 Å². The van der Waals surface area contributed by atoms with E-state index in [1.54, 1.807) is 0 Å². The van der Waals surface area contributed by atoms with Crippen LogP contribution in [0.5, 0.6) is 0 Å². The van der Waals surface area contributed by atoms with Crippen LogP contribution in [0, 0.1) is 0 Å². The van der Waals surface area contributed by atoms with E-state index in [1.807, 2.05) is 47.4 Å². The van der Waals surface area contributed by atoms with Gasteiger partial charge in [-0.25, -0.2) is 0 Å². The number of benzene rings is 2. The SMILES string of the molecule is O=C1CN(c2cccc(-c3c(Cl)cccc3Cl)c2)CCN1. The van der Waals surface area contributed by atoms with E-state index in [1.165, 1.54) is 0 Å². The minimum absolute atomic E-state index is 0.0439. The van der Waals surface area contributed by atoms with Crippen LogP contribution in [-0.4, -0.2) is 25.5 Å². The van der Waals surface area contributed by atoms with E-state index in [9.17, 15) is 4.79 Å². The molecule has 1 aliphatic heterocycles. The van der Waals surface area contributed by atoms with Crippen LogP contribution < -0.4 is 10.2 Å². The lowest BCUT2D eigenvalue weighted by Crippen LogP contribution is -2.47. The minimum atomic E-state index is 0.0439. The van der Waals surface area contributed by atoms with E-state index in [4.69, 9.17) is 23.2 Å². The number of anilines is 1. The summed E-state index contributed by atoms with van der Waals surface area (Å²) in [7, 11) is 0. The van der Waals surface area contributed by atoms with Crippen molar-refractivity contribution in [3.8, 4) is 11.1 Å². The summed E-state index contributed by atoms with van der Waals surface area (Å²) >= 11 is 12.5. The number of amides is 1. The maximum absolute atomic E-state index is 11.5. The number of nitrogens with zero attached hydrogens (tertiary/aromatic N) is 1. The van der Waals surface area contributed by atoms with Gasteiger partial charge in [0.25, 0.3) is 0 Å². The molecule has 0 atom stereocenters. The zero-order valence-electron chi connectivity index (χ0n) is 11.3. The lowest BCUT2D eigenvalue weighted by Gasteiger charge is -2.29. The highest BCUT2D eigenvalue weighted by atomic mass is 35.5. The summed E-state index contributed by atoms with van der Waals surface area (Å²) in [5, 5.41) is 4.07. The maximum Gasteiger partial charge on any atom is 0.239 e. The van der Waals surface area contributed by atoms with E-state index in [-0.39, 0.29) is 5.91 Å². The standard InChI is InChI=1S/C16H14Cl2N2O/c17-13-5-2-6-14(18)16(13)11-3-1-4-12(9-11)20-8-7-19-15(21)10-20/h1-6,9H,7-8,10H2,(H,19,21). The van der Waals surface area contributed by atoms with Crippen LogP contribution in [0.3, 0.4) is 0 Å². The van der Waals surface area contributed by atoms with Crippen LogP contribution in [0.2, 0.25) is 10.0 Å². The number of carbonyl (C=O) groups is 1. The number of hydrogen-bond donors (Lipinski definition) is 1. The van der Waals surface area contributed by atoms with Crippen molar-refractivity contribution in [2.45, 2.75) is 0 Å². The zero-order valence-corrected chi connectivity index (χ0v) is 12.8. The first-order chi connectivity index (χ1) is 10.1. The van der Waals surface area contributed by atoms with Gasteiger partial charge in [-0.1, -0.05) is 41.4 Å². The molecule has 108 valence electrons. The summed E-state index contributed by atoms with van der Waals surface area (Å²) in [6, 6.07) is 13.4. The van der Waals surface area contributed by atoms with Crippen molar-refractivity contribution in [3.63, 3.8) is 0 Å². The predicted octanol–water partition coefficient (Wildman–Crippen LogP) is 3.60. The third-order valence-corrected chi connectivity index (χ3v) is 4.13. The molecular weight excluding hydrogens is 307 g/mol. The Balaban J connectivity index is 1.98. The smallest absolute Gasteiger partial charge is 0.239 e. The van der Waals surface area contributed by atoms with E-state index in [2.05, 4.69) is 5.32 Å². The van der Waals surface area contributed by atoms with Crippen molar-refractivity contribution < 1.29 is 4.79 Å². The van der Waals surface area contributed by atoms with Gasteiger partial charge in [-0.2, -0.15) is 0 Å². The predicted molar refractivity (Wildman–Crippen MR) is 87.1 cm³/mol. The Morgan fingerprint density at radius 1 is 1.05 bits per heavy atom. The molecule has 0 saturated carbocycles. The Morgan fingerprint density at radius 3 is 2.48 bits per heavy atom. The highest BCUT2D eigenvalue weighted by Crippen LogP contribution is 2.36. The molecule has 0 radical (unpaired) electrons. The van der Waals surface area contributed by atoms with E-state index in [0.717, 1.165) is 23.4 Å². The molecule has 1 saturated heterocycles. The molecule has 3 nitrogen and oxygen atoms in total. The largest absolute Gasteiger partial charge is 0.360 e. The summed E-state index contributed by atoms with van der Waals surface area (Å²) < 4.78 is 0. The second-order valence-electron chi connectivity index (χ2n) is 4.92. The Hall–Kier alpha value is -1.71. The van der Waals surface area contributed by atoms with Gasteiger partial charge < -0.3 is 10.2 Å². The van der Waals surface area contributed by atoms with Crippen molar-refractivity contribution in [2.24, 2.45) is 0 Å². The van der Waals surface area contributed by atoms with Crippen LogP contribution in [-0.2, 0) is 4.79 Å². The zero-order chi connectivity index (χ0) is 14.8. The van der Waals surface area contributed by atoms with Crippen LogP contribution in [0.4, 0.5) is 5.69 Å². The van der Waals surface area contributed by atoms with Crippen LogP contribution >= 0.6 is 23.2 Å². The topological polar surface area (TPSA) is 32.3 Å². The number of halogens is 2. The number of piperazine rings is 1. The fraction of sp³-hybridized carbons (Fsp3) is 0.188. The Bertz CT molecular complexity index is 667. The van der Waals surface area contributed by atoms with Crippen molar-refractivity contribution in [2.75, 3.05) is 24.5 Å². The molecule has 0 spiro atoms. The van der Waals surface area contributed by atoms with Gasteiger partial charge in [0, 0.05) is 34.4 Å². The molecular formula is C16H14Cl2N2O. The average Bonchev–Trinajstić information content (AvgIpc) is 2.47. The minimum Gasteiger partial charge on any atom is -0.360 e. The normalized spacial score (nSPS) is 15.0. The van der Waals surface area contributed by atoms with Crippen LogP contribution in [0.1, 0.15) is 0 Å². The molecule has 1 heterocycles. The highest BCUT2D eigenvalue weighted by molar-refractivity contribution is 6.39. The lowest BCUT2D eigenvalue weighted by atomic mass is 10.0. The Kier molecular flexibility index (Phi) is 4.04. The lowest BCUT2D eigenvalue weighted by molar-refractivity contribution is -0.120. The second-order valence-corrected chi connectivity index (χ2v) is 5.73. The first kappa shape index (κ1) is 14.2. The molecule has 2 aromatic rings. The summed E-state index contributed by atoms with van der Waals surface area (Å²) in [6.07, 6.45) is 0. The summed E-state index contributed by atoms with van der Waals surface area (Å²) in [4.78, 5) is 13.6. The molecule has 1 fully saturated rings.